The van der Waals surface area contributed by atoms with E-state index < -0.39 is 11.9 Å². The smallest absolute Gasteiger partial charge is 0.335 e. The number of carbonyl (C=O) groups excluding carboxylic acids is 2. The van der Waals surface area contributed by atoms with Gasteiger partial charge in [0.1, 0.15) is 0 Å². The molecule has 1 aliphatic carbocycles. The minimum Gasteiger partial charge on any atom is -0.451 e. The van der Waals surface area contributed by atoms with Crippen LogP contribution < -0.4 is 0 Å². The van der Waals surface area contributed by atoms with Crippen LogP contribution in [0, 0.1) is 5.92 Å². The van der Waals surface area contributed by atoms with Gasteiger partial charge in [-0.2, -0.15) is 0 Å². The molecule has 0 radical (unpaired) electrons. The monoisotopic (exact) mass is 224 g/mol. The van der Waals surface area contributed by atoms with E-state index in [0.717, 1.165) is 25.7 Å². The second-order valence-corrected chi connectivity index (χ2v) is 4.40. The Hall–Kier alpha value is -1.32. The van der Waals surface area contributed by atoms with E-state index in [-0.39, 0.29) is 6.10 Å². The fraction of sp³-hybridized carbons (Fsp3) is 0.667. The van der Waals surface area contributed by atoms with E-state index in [1.165, 1.54) is 19.4 Å². The van der Waals surface area contributed by atoms with Crippen molar-refractivity contribution in [3.05, 3.63) is 11.8 Å². The zero-order valence-corrected chi connectivity index (χ0v) is 9.40. The van der Waals surface area contributed by atoms with Crippen LogP contribution in [-0.4, -0.2) is 18.0 Å². The molecule has 1 fully saturated rings. The Labute approximate surface area is 94.6 Å². The van der Waals surface area contributed by atoms with Crippen molar-refractivity contribution in [1.82, 2.24) is 0 Å². The Kier molecular flexibility index (Phi) is 3.27. The molecule has 0 amide bonds. The normalized spacial score (nSPS) is 26.2. The van der Waals surface area contributed by atoms with Crippen molar-refractivity contribution in [2.24, 2.45) is 5.92 Å². The summed E-state index contributed by atoms with van der Waals surface area (Å²) in [4.78, 5) is 22.1. The zero-order chi connectivity index (χ0) is 11.5. The molecule has 0 bridgehead atoms. The summed E-state index contributed by atoms with van der Waals surface area (Å²) in [6, 6.07) is 0. The van der Waals surface area contributed by atoms with Gasteiger partial charge in [0.25, 0.3) is 0 Å². The standard InChI is InChI=1S/C12H16O4/c1-8(13)15-10-7-11(14)16-12(10)9-5-3-2-4-6-9/h7,9,12H,2-6H2,1H3/t12-/m1/s1. The molecule has 0 saturated heterocycles. The largest absolute Gasteiger partial charge is 0.451 e. The molecule has 0 N–H and O–H groups in total. The molecule has 4 heteroatoms. The average molecular weight is 224 g/mol. The maximum absolute atomic E-state index is 11.2. The molecule has 16 heavy (non-hydrogen) atoms. The van der Waals surface area contributed by atoms with E-state index in [2.05, 4.69) is 0 Å². The molecule has 1 saturated carbocycles. The number of carbonyl (C=O) groups is 2. The minimum atomic E-state index is -0.398. The van der Waals surface area contributed by atoms with Crippen LogP contribution in [-0.2, 0) is 19.1 Å². The van der Waals surface area contributed by atoms with Gasteiger partial charge >= 0.3 is 11.9 Å². The quantitative estimate of drug-likeness (QED) is 0.672. The van der Waals surface area contributed by atoms with E-state index in [4.69, 9.17) is 9.47 Å². The molecule has 88 valence electrons. The summed E-state index contributed by atoms with van der Waals surface area (Å²) in [5.41, 5.74) is 0. The number of ether oxygens (including phenoxy) is 2. The van der Waals surface area contributed by atoms with E-state index in [9.17, 15) is 9.59 Å². The molecule has 0 spiro atoms. The molecule has 2 aliphatic rings. The van der Waals surface area contributed by atoms with Crippen molar-refractivity contribution in [3.63, 3.8) is 0 Å². The first-order valence-corrected chi connectivity index (χ1v) is 5.77. The third-order valence-electron chi connectivity index (χ3n) is 3.12. The van der Waals surface area contributed by atoms with Gasteiger partial charge < -0.3 is 9.47 Å². The molecule has 1 aliphatic heterocycles. The summed E-state index contributed by atoms with van der Waals surface area (Å²) in [5, 5.41) is 0. The average Bonchev–Trinajstić information content (AvgIpc) is 2.60. The van der Waals surface area contributed by atoms with Gasteiger partial charge in [-0.3, -0.25) is 4.79 Å². The van der Waals surface area contributed by atoms with Crippen LogP contribution in [0.3, 0.4) is 0 Å². The summed E-state index contributed by atoms with van der Waals surface area (Å²) in [7, 11) is 0. The zero-order valence-electron chi connectivity index (χ0n) is 9.40. The Balaban J connectivity index is 2.05. The first-order chi connectivity index (χ1) is 7.66. The van der Waals surface area contributed by atoms with Gasteiger partial charge in [0, 0.05) is 12.8 Å². The van der Waals surface area contributed by atoms with Crippen LogP contribution in [0.5, 0.6) is 0 Å². The highest BCUT2D eigenvalue weighted by molar-refractivity contribution is 5.86. The summed E-state index contributed by atoms with van der Waals surface area (Å²) >= 11 is 0. The highest BCUT2D eigenvalue weighted by Crippen LogP contribution is 2.34. The first kappa shape index (κ1) is 11.2. The summed E-state index contributed by atoms with van der Waals surface area (Å²) in [5.74, 6) is -0.0904. The molecule has 0 aromatic carbocycles. The maximum atomic E-state index is 11.2. The number of esters is 2. The lowest BCUT2D eigenvalue weighted by Gasteiger charge is -2.27. The van der Waals surface area contributed by atoms with Gasteiger partial charge in [0.05, 0.1) is 6.08 Å². The van der Waals surface area contributed by atoms with Gasteiger partial charge in [-0.1, -0.05) is 19.3 Å². The number of hydrogen-bond donors (Lipinski definition) is 0. The van der Waals surface area contributed by atoms with Crippen molar-refractivity contribution < 1.29 is 19.1 Å². The SMILES string of the molecule is CC(=O)OC1=CC(=O)O[C@@H]1C1CCCCC1. The van der Waals surface area contributed by atoms with Crippen molar-refractivity contribution in [2.45, 2.75) is 45.1 Å². The summed E-state index contributed by atoms with van der Waals surface area (Å²) in [6.07, 6.45) is 6.59. The van der Waals surface area contributed by atoms with Crippen LogP contribution in [0.1, 0.15) is 39.0 Å². The van der Waals surface area contributed by atoms with Crippen LogP contribution >= 0.6 is 0 Å². The van der Waals surface area contributed by atoms with E-state index in [0.29, 0.717) is 11.7 Å². The lowest BCUT2D eigenvalue weighted by molar-refractivity contribution is -0.146. The molecule has 1 heterocycles. The molecule has 0 unspecified atom stereocenters. The molecule has 4 nitrogen and oxygen atoms in total. The number of hydrogen-bond acceptors (Lipinski definition) is 4. The number of rotatable bonds is 2. The van der Waals surface area contributed by atoms with Crippen molar-refractivity contribution in [2.75, 3.05) is 0 Å². The molecule has 2 rings (SSSR count). The Morgan fingerprint density at radius 3 is 2.69 bits per heavy atom. The first-order valence-electron chi connectivity index (χ1n) is 5.77. The lowest BCUT2D eigenvalue weighted by atomic mass is 9.85. The Bertz CT molecular complexity index is 326. The van der Waals surface area contributed by atoms with Gasteiger partial charge in [0.15, 0.2) is 11.9 Å². The summed E-state index contributed by atoms with van der Waals surface area (Å²) in [6.45, 7) is 1.33. The Morgan fingerprint density at radius 1 is 1.38 bits per heavy atom. The molecular weight excluding hydrogens is 208 g/mol. The molecule has 0 aromatic heterocycles. The van der Waals surface area contributed by atoms with Crippen LogP contribution in [0.2, 0.25) is 0 Å². The van der Waals surface area contributed by atoms with Gasteiger partial charge in [0.2, 0.25) is 0 Å². The predicted octanol–water partition coefficient (Wildman–Crippen LogP) is 1.94. The Morgan fingerprint density at radius 2 is 2.06 bits per heavy atom. The molecule has 1 atom stereocenters. The third kappa shape index (κ3) is 2.43. The highest BCUT2D eigenvalue weighted by Gasteiger charge is 2.36. The topological polar surface area (TPSA) is 52.6 Å². The predicted molar refractivity (Wildman–Crippen MR) is 56.3 cm³/mol. The molecular formula is C12H16O4. The van der Waals surface area contributed by atoms with Crippen LogP contribution in [0.15, 0.2) is 11.8 Å². The van der Waals surface area contributed by atoms with E-state index in [1.807, 2.05) is 0 Å². The minimum absolute atomic E-state index is 0.311. The van der Waals surface area contributed by atoms with Crippen molar-refractivity contribution in [1.29, 1.82) is 0 Å². The number of cyclic esters (lactones) is 1. The second kappa shape index (κ2) is 4.68. The molecule has 0 aromatic rings. The fourth-order valence-electron chi connectivity index (χ4n) is 2.43. The van der Waals surface area contributed by atoms with E-state index >= 15 is 0 Å². The van der Waals surface area contributed by atoms with Crippen LogP contribution in [0.25, 0.3) is 0 Å². The fourth-order valence-corrected chi connectivity index (χ4v) is 2.43. The maximum Gasteiger partial charge on any atom is 0.335 e. The second-order valence-electron chi connectivity index (χ2n) is 4.40. The van der Waals surface area contributed by atoms with Gasteiger partial charge in [-0.25, -0.2) is 4.79 Å². The van der Waals surface area contributed by atoms with E-state index in [1.54, 1.807) is 0 Å². The van der Waals surface area contributed by atoms with Gasteiger partial charge in [-0.05, 0) is 12.8 Å². The van der Waals surface area contributed by atoms with Crippen LogP contribution in [0.4, 0.5) is 0 Å². The van der Waals surface area contributed by atoms with Crippen molar-refractivity contribution >= 4 is 11.9 Å². The van der Waals surface area contributed by atoms with Crippen molar-refractivity contribution in [3.8, 4) is 0 Å². The highest BCUT2D eigenvalue weighted by atomic mass is 16.6. The summed E-state index contributed by atoms with van der Waals surface area (Å²) < 4.78 is 10.2. The third-order valence-corrected chi connectivity index (χ3v) is 3.12. The van der Waals surface area contributed by atoms with Gasteiger partial charge in [-0.15, -0.1) is 0 Å². The lowest BCUT2D eigenvalue weighted by Crippen LogP contribution is -2.27.